The standard InChI is InChI=1S/C13H18F2N2O/c1-10-12(18-2)7-11(8-16-10)9-17-5-3-13(14,15)4-6-17/h7-8H,3-6,9H2,1-2H3. The number of likely N-dealkylation sites (tertiary alicyclic amines) is 1. The minimum atomic E-state index is -2.49. The Morgan fingerprint density at radius 3 is 2.67 bits per heavy atom. The molecule has 100 valence electrons. The number of rotatable bonds is 3. The lowest BCUT2D eigenvalue weighted by molar-refractivity contribution is -0.0566. The Morgan fingerprint density at radius 2 is 2.06 bits per heavy atom. The highest BCUT2D eigenvalue weighted by atomic mass is 19.3. The third kappa shape index (κ3) is 3.16. The van der Waals surface area contributed by atoms with Gasteiger partial charge in [0.25, 0.3) is 5.92 Å². The molecule has 0 unspecified atom stereocenters. The predicted octanol–water partition coefficient (Wildman–Crippen LogP) is 2.63. The molecule has 0 amide bonds. The van der Waals surface area contributed by atoms with Crippen LogP contribution in [0.5, 0.6) is 5.75 Å². The van der Waals surface area contributed by atoms with Crippen molar-refractivity contribution in [3.05, 3.63) is 23.5 Å². The van der Waals surface area contributed by atoms with Crippen molar-refractivity contribution in [1.29, 1.82) is 0 Å². The normalized spacial score (nSPS) is 19.8. The van der Waals surface area contributed by atoms with Crippen LogP contribution in [-0.2, 0) is 6.54 Å². The number of ether oxygens (including phenoxy) is 1. The van der Waals surface area contributed by atoms with Gasteiger partial charge in [-0.2, -0.15) is 0 Å². The highest BCUT2D eigenvalue weighted by Gasteiger charge is 2.33. The van der Waals surface area contributed by atoms with Gasteiger partial charge in [-0.3, -0.25) is 9.88 Å². The molecule has 2 heterocycles. The summed E-state index contributed by atoms with van der Waals surface area (Å²) >= 11 is 0. The van der Waals surface area contributed by atoms with Crippen molar-refractivity contribution in [2.45, 2.75) is 32.2 Å². The Balaban J connectivity index is 1.98. The van der Waals surface area contributed by atoms with Crippen molar-refractivity contribution in [2.75, 3.05) is 20.2 Å². The van der Waals surface area contributed by atoms with E-state index in [4.69, 9.17) is 4.74 Å². The number of nitrogens with zero attached hydrogens (tertiary/aromatic N) is 2. The minimum absolute atomic E-state index is 0.0522. The smallest absolute Gasteiger partial charge is 0.250 e. The van der Waals surface area contributed by atoms with Gasteiger partial charge in [-0.05, 0) is 18.6 Å². The summed E-state index contributed by atoms with van der Waals surface area (Å²) in [4.78, 5) is 6.28. The lowest BCUT2D eigenvalue weighted by Crippen LogP contribution is -2.38. The summed E-state index contributed by atoms with van der Waals surface area (Å²) < 4.78 is 31.3. The van der Waals surface area contributed by atoms with E-state index in [0.717, 1.165) is 17.0 Å². The average molecular weight is 256 g/mol. The molecular weight excluding hydrogens is 238 g/mol. The van der Waals surface area contributed by atoms with Gasteiger partial charge in [0.05, 0.1) is 12.8 Å². The average Bonchev–Trinajstić information content (AvgIpc) is 2.34. The van der Waals surface area contributed by atoms with Crippen LogP contribution in [0.15, 0.2) is 12.3 Å². The van der Waals surface area contributed by atoms with E-state index in [1.54, 1.807) is 13.3 Å². The first-order valence-corrected chi connectivity index (χ1v) is 6.10. The SMILES string of the molecule is COc1cc(CN2CCC(F)(F)CC2)cnc1C. The molecule has 5 heteroatoms. The predicted molar refractivity (Wildman–Crippen MR) is 65.0 cm³/mol. The molecule has 1 aliphatic heterocycles. The van der Waals surface area contributed by atoms with Crippen molar-refractivity contribution in [2.24, 2.45) is 0 Å². The van der Waals surface area contributed by atoms with Crippen molar-refractivity contribution < 1.29 is 13.5 Å². The first-order chi connectivity index (χ1) is 8.50. The molecule has 18 heavy (non-hydrogen) atoms. The molecule has 0 spiro atoms. The van der Waals surface area contributed by atoms with Crippen molar-refractivity contribution >= 4 is 0 Å². The summed E-state index contributed by atoms with van der Waals surface area (Å²) in [5.74, 6) is -1.74. The highest BCUT2D eigenvalue weighted by molar-refractivity contribution is 5.30. The van der Waals surface area contributed by atoms with Gasteiger partial charge in [-0.15, -0.1) is 0 Å². The number of aromatic nitrogens is 1. The number of piperidine rings is 1. The van der Waals surface area contributed by atoms with E-state index < -0.39 is 5.92 Å². The molecule has 1 fully saturated rings. The van der Waals surface area contributed by atoms with Crippen LogP contribution in [0.3, 0.4) is 0 Å². The second-order valence-corrected chi connectivity index (χ2v) is 4.76. The molecule has 3 nitrogen and oxygen atoms in total. The van der Waals surface area contributed by atoms with Crippen LogP contribution < -0.4 is 4.74 Å². The number of methoxy groups -OCH3 is 1. The fraction of sp³-hybridized carbons (Fsp3) is 0.615. The lowest BCUT2D eigenvalue weighted by atomic mass is 10.1. The number of hydrogen-bond donors (Lipinski definition) is 0. The van der Waals surface area contributed by atoms with Crippen LogP contribution in [0.2, 0.25) is 0 Å². The Labute approximate surface area is 106 Å². The summed E-state index contributed by atoms with van der Waals surface area (Å²) in [5, 5.41) is 0. The van der Waals surface area contributed by atoms with Crippen LogP contribution >= 0.6 is 0 Å². The zero-order valence-electron chi connectivity index (χ0n) is 10.7. The van der Waals surface area contributed by atoms with Crippen LogP contribution in [0.4, 0.5) is 8.78 Å². The molecule has 0 aromatic carbocycles. The molecule has 0 N–H and O–H groups in total. The quantitative estimate of drug-likeness (QED) is 0.831. The van der Waals surface area contributed by atoms with E-state index in [0.29, 0.717) is 19.6 Å². The number of hydrogen-bond acceptors (Lipinski definition) is 3. The maximum Gasteiger partial charge on any atom is 0.250 e. The van der Waals surface area contributed by atoms with Gasteiger partial charge < -0.3 is 4.74 Å². The molecule has 0 atom stereocenters. The Hall–Kier alpha value is -1.23. The second-order valence-electron chi connectivity index (χ2n) is 4.76. The van der Waals surface area contributed by atoms with E-state index in [1.165, 1.54) is 0 Å². The van der Waals surface area contributed by atoms with E-state index in [2.05, 4.69) is 4.98 Å². The maximum absolute atomic E-state index is 13.0. The van der Waals surface area contributed by atoms with Crippen LogP contribution in [-0.4, -0.2) is 36.0 Å². The molecular formula is C13H18F2N2O. The van der Waals surface area contributed by atoms with Gasteiger partial charge in [0.2, 0.25) is 0 Å². The van der Waals surface area contributed by atoms with Crippen molar-refractivity contribution in [3.8, 4) is 5.75 Å². The summed E-state index contributed by atoms with van der Waals surface area (Å²) in [6.45, 7) is 3.40. The first-order valence-electron chi connectivity index (χ1n) is 6.10. The third-order valence-corrected chi connectivity index (χ3v) is 3.31. The van der Waals surface area contributed by atoms with Gasteiger partial charge in [0, 0.05) is 38.7 Å². The molecule has 0 saturated carbocycles. The molecule has 1 aromatic heterocycles. The summed E-state index contributed by atoms with van der Waals surface area (Å²) in [5.41, 5.74) is 1.84. The van der Waals surface area contributed by atoms with E-state index in [-0.39, 0.29) is 12.8 Å². The summed E-state index contributed by atoms with van der Waals surface area (Å²) in [7, 11) is 1.61. The lowest BCUT2D eigenvalue weighted by Gasteiger charge is -2.31. The molecule has 1 aromatic rings. The fourth-order valence-electron chi connectivity index (χ4n) is 2.14. The Bertz CT molecular complexity index is 413. The summed E-state index contributed by atoms with van der Waals surface area (Å²) in [6, 6.07) is 1.93. The van der Waals surface area contributed by atoms with Crippen molar-refractivity contribution in [1.82, 2.24) is 9.88 Å². The molecule has 2 rings (SSSR count). The molecule has 0 bridgehead atoms. The zero-order chi connectivity index (χ0) is 13.2. The van der Waals surface area contributed by atoms with Crippen LogP contribution in [0.1, 0.15) is 24.1 Å². The van der Waals surface area contributed by atoms with Gasteiger partial charge in [0.1, 0.15) is 5.75 Å². The number of halogens is 2. The molecule has 1 aliphatic rings. The second kappa shape index (κ2) is 5.18. The van der Waals surface area contributed by atoms with Crippen LogP contribution in [0.25, 0.3) is 0 Å². The topological polar surface area (TPSA) is 25.4 Å². The minimum Gasteiger partial charge on any atom is -0.495 e. The first kappa shape index (κ1) is 13.2. The zero-order valence-corrected chi connectivity index (χ0v) is 10.7. The fourth-order valence-corrected chi connectivity index (χ4v) is 2.14. The Morgan fingerprint density at radius 1 is 1.39 bits per heavy atom. The monoisotopic (exact) mass is 256 g/mol. The van der Waals surface area contributed by atoms with E-state index in [1.807, 2.05) is 17.9 Å². The molecule has 0 aliphatic carbocycles. The largest absolute Gasteiger partial charge is 0.495 e. The highest BCUT2D eigenvalue weighted by Crippen LogP contribution is 2.28. The van der Waals surface area contributed by atoms with E-state index >= 15 is 0 Å². The van der Waals surface area contributed by atoms with Gasteiger partial charge in [-0.1, -0.05) is 0 Å². The number of aryl methyl sites for hydroxylation is 1. The van der Waals surface area contributed by atoms with Gasteiger partial charge >= 0.3 is 0 Å². The van der Waals surface area contributed by atoms with E-state index in [9.17, 15) is 8.78 Å². The molecule has 0 radical (unpaired) electrons. The number of alkyl halides is 2. The number of pyridine rings is 1. The maximum atomic E-state index is 13.0. The van der Waals surface area contributed by atoms with Gasteiger partial charge in [-0.25, -0.2) is 8.78 Å². The third-order valence-electron chi connectivity index (χ3n) is 3.31. The Kier molecular flexibility index (Phi) is 3.80. The van der Waals surface area contributed by atoms with Crippen LogP contribution in [0, 0.1) is 6.92 Å². The molecule has 1 saturated heterocycles. The summed E-state index contributed by atoms with van der Waals surface area (Å²) in [6.07, 6.45) is 1.68. The van der Waals surface area contributed by atoms with Gasteiger partial charge in [0.15, 0.2) is 0 Å². The van der Waals surface area contributed by atoms with Crippen molar-refractivity contribution in [3.63, 3.8) is 0 Å².